The van der Waals surface area contributed by atoms with E-state index in [1.54, 1.807) is 5.38 Å². The van der Waals surface area contributed by atoms with E-state index in [-0.39, 0.29) is 11.5 Å². The third-order valence-corrected chi connectivity index (χ3v) is 5.84. The van der Waals surface area contributed by atoms with Crippen molar-refractivity contribution in [3.8, 4) is 0 Å². The van der Waals surface area contributed by atoms with Crippen molar-refractivity contribution in [1.82, 2.24) is 20.2 Å². The molecular weight excluding hydrogens is 360 g/mol. The number of nitrogens with zero attached hydrogens (tertiary/aromatic N) is 2. The highest BCUT2D eigenvalue weighted by Gasteiger charge is 2.15. The van der Waals surface area contributed by atoms with Gasteiger partial charge in [0.1, 0.15) is 4.83 Å². The first-order valence-electron chi connectivity index (χ1n) is 9.24. The van der Waals surface area contributed by atoms with Gasteiger partial charge < -0.3 is 10.3 Å². The molecule has 6 nitrogen and oxygen atoms in total. The number of benzene rings is 1. The first-order valence-corrected chi connectivity index (χ1v) is 10.1. The molecule has 3 aromatic rings. The molecule has 0 unspecified atom stereocenters. The minimum absolute atomic E-state index is 0.253. The summed E-state index contributed by atoms with van der Waals surface area (Å²) in [6.45, 7) is 3.78. The fourth-order valence-electron chi connectivity index (χ4n) is 3.47. The summed E-state index contributed by atoms with van der Waals surface area (Å²) in [6, 6.07) is 8.37. The van der Waals surface area contributed by atoms with Crippen molar-refractivity contribution in [3.05, 3.63) is 63.0 Å². The molecule has 1 aliphatic heterocycles. The Hall–Kier alpha value is -2.51. The average Bonchev–Trinajstić information content (AvgIpc) is 3.14. The molecule has 0 atom stereocenters. The Bertz CT molecular complexity index is 987. The zero-order valence-corrected chi connectivity index (χ0v) is 15.8. The topological polar surface area (TPSA) is 78.1 Å². The summed E-state index contributed by atoms with van der Waals surface area (Å²) in [7, 11) is 0. The van der Waals surface area contributed by atoms with Gasteiger partial charge in [-0.25, -0.2) is 4.98 Å². The number of carbonyl (C=O) groups excluding carboxylic acids is 1. The molecule has 27 heavy (non-hydrogen) atoms. The van der Waals surface area contributed by atoms with E-state index in [9.17, 15) is 9.59 Å². The number of nitrogens with one attached hydrogen (secondary N) is 2. The van der Waals surface area contributed by atoms with Crippen LogP contribution in [-0.4, -0.2) is 33.9 Å². The second kappa shape index (κ2) is 8.02. The first-order chi connectivity index (χ1) is 13.2. The lowest BCUT2D eigenvalue weighted by molar-refractivity contribution is 0.0953. The zero-order chi connectivity index (χ0) is 18.6. The molecule has 7 heteroatoms. The summed E-state index contributed by atoms with van der Waals surface area (Å²) in [5.74, 6) is -0.253. The Morgan fingerprint density at radius 3 is 2.67 bits per heavy atom. The molecule has 3 heterocycles. The van der Waals surface area contributed by atoms with Crippen molar-refractivity contribution < 1.29 is 4.79 Å². The lowest BCUT2D eigenvalue weighted by atomic mass is 10.1. The van der Waals surface area contributed by atoms with Gasteiger partial charge in [0.2, 0.25) is 0 Å². The molecule has 1 amide bonds. The molecular formula is C20H22N4O2S. The monoisotopic (exact) mass is 382 g/mol. The number of amides is 1. The largest absolute Gasteiger partial charge is 0.348 e. The third-order valence-electron chi connectivity index (χ3n) is 4.95. The van der Waals surface area contributed by atoms with Crippen LogP contribution >= 0.6 is 11.3 Å². The van der Waals surface area contributed by atoms with Crippen LogP contribution < -0.4 is 10.9 Å². The number of thiophene rings is 1. The number of H-pyrrole nitrogens is 1. The second-order valence-corrected chi connectivity index (χ2v) is 7.76. The van der Waals surface area contributed by atoms with Gasteiger partial charge in [-0.05, 0) is 37.1 Å². The molecule has 0 spiro atoms. The van der Waals surface area contributed by atoms with Crippen molar-refractivity contribution in [3.63, 3.8) is 0 Å². The van der Waals surface area contributed by atoms with Crippen LogP contribution in [0.3, 0.4) is 0 Å². The minimum atomic E-state index is -0.284. The van der Waals surface area contributed by atoms with Gasteiger partial charge in [-0.1, -0.05) is 30.7 Å². The van der Waals surface area contributed by atoms with Gasteiger partial charge in [-0.15, -0.1) is 11.3 Å². The number of hydrogen-bond donors (Lipinski definition) is 2. The maximum Gasteiger partial charge on any atom is 0.260 e. The van der Waals surface area contributed by atoms with Crippen molar-refractivity contribution >= 4 is 27.5 Å². The van der Waals surface area contributed by atoms with Gasteiger partial charge in [0.25, 0.3) is 11.5 Å². The number of carbonyl (C=O) groups is 1. The highest BCUT2D eigenvalue weighted by Crippen LogP contribution is 2.20. The molecule has 2 N–H and O–H groups in total. The molecule has 0 saturated carbocycles. The number of likely N-dealkylation sites (tertiary alicyclic amines) is 1. The molecule has 4 rings (SSSR count). The van der Waals surface area contributed by atoms with Crippen LogP contribution in [0.25, 0.3) is 10.2 Å². The fraction of sp³-hybridized carbons (Fsp3) is 0.350. The smallest absolute Gasteiger partial charge is 0.260 e. The maximum absolute atomic E-state index is 12.5. The van der Waals surface area contributed by atoms with Crippen LogP contribution in [0.2, 0.25) is 0 Å². The number of rotatable bonds is 5. The van der Waals surface area contributed by atoms with Crippen LogP contribution in [0.1, 0.15) is 40.7 Å². The predicted molar refractivity (Wildman–Crippen MR) is 107 cm³/mol. The molecule has 1 aliphatic rings. The summed E-state index contributed by atoms with van der Waals surface area (Å²) in [5.41, 5.74) is 2.44. The van der Waals surface area contributed by atoms with Crippen molar-refractivity contribution in [2.24, 2.45) is 0 Å². The van der Waals surface area contributed by atoms with Crippen molar-refractivity contribution in [2.45, 2.75) is 32.4 Å². The van der Waals surface area contributed by atoms with Crippen LogP contribution in [-0.2, 0) is 13.1 Å². The normalized spacial score (nSPS) is 15.1. The number of fused-ring (bicyclic) bond motifs is 1. The molecule has 0 radical (unpaired) electrons. The highest BCUT2D eigenvalue weighted by molar-refractivity contribution is 7.17. The minimum Gasteiger partial charge on any atom is -0.348 e. The Balaban J connectivity index is 1.38. The number of piperidine rings is 1. The van der Waals surface area contributed by atoms with Crippen LogP contribution in [0.4, 0.5) is 0 Å². The third kappa shape index (κ3) is 4.09. The van der Waals surface area contributed by atoms with Gasteiger partial charge >= 0.3 is 0 Å². The quantitative estimate of drug-likeness (QED) is 0.711. The van der Waals surface area contributed by atoms with Crippen molar-refractivity contribution in [2.75, 3.05) is 13.1 Å². The highest BCUT2D eigenvalue weighted by atomic mass is 32.1. The van der Waals surface area contributed by atoms with Gasteiger partial charge in [0, 0.05) is 18.5 Å². The summed E-state index contributed by atoms with van der Waals surface area (Å²) in [5, 5.41) is 4.94. The molecule has 0 aliphatic carbocycles. The van der Waals surface area contributed by atoms with Gasteiger partial charge in [-0.3, -0.25) is 14.5 Å². The fourth-order valence-corrected chi connectivity index (χ4v) is 4.36. The lowest BCUT2D eigenvalue weighted by Gasteiger charge is -2.26. The molecule has 140 valence electrons. The van der Waals surface area contributed by atoms with Crippen LogP contribution in [0, 0.1) is 0 Å². The average molecular weight is 382 g/mol. The first kappa shape index (κ1) is 17.9. The van der Waals surface area contributed by atoms with E-state index in [1.807, 2.05) is 0 Å². The predicted octanol–water partition coefficient (Wildman–Crippen LogP) is 2.90. The number of aromatic nitrogens is 2. The van der Waals surface area contributed by atoms with E-state index in [0.29, 0.717) is 22.3 Å². The Morgan fingerprint density at radius 1 is 1.15 bits per heavy atom. The van der Waals surface area contributed by atoms with Crippen molar-refractivity contribution in [1.29, 1.82) is 0 Å². The van der Waals surface area contributed by atoms with Gasteiger partial charge in [0.15, 0.2) is 0 Å². The summed E-state index contributed by atoms with van der Waals surface area (Å²) >= 11 is 1.30. The van der Waals surface area contributed by atoms with E-state index >= 15 is 0 Å². The summed E-state index contributed by atoms with van der Waals surface area (Å²) in [4.78, 5) is 34.1. The number of aromatic amines is 1. The summed E-state index contributed by atoms with van der Waals surface area (Å²) in [6.07, 6.45) is 5.28. The Kier molecular flexibility index (Phi) is 5.31. The lowest BCUT2D eigenvalue weighted by Crippen LogP contribution is -2.29. The molecule has 1 fully saturated rings. The van der Waals surface area contributed by atoms with Gasteiger partial charge in [-0.2, -0.15) is 0 Å². The Labute approximate surface area is 161 Å². The zero-order valence-electron chi connectivity index (χ0n) is 15.0. The molecule has 0 bridgehead atoms. The van der Waals surface area contributed by atoms with Crippen LogP contribution in [0.5, 0.6) is 0 Å². The SMILES string of the molecule is O=C(NCc1ccc(CN2CCCCC2)cc1)c1csc2nc[nH]c(=O)c12. The van der Waals surface area contributed by atoms with Crippen LogP contribution in [0.15, 0.2) is 40.8 Å². The maximum atomic E-state index is 12.5. The van der Waals surface area contributed by atoms with E-state index in [2.05, 4.69) is 44.5 Å². The van der Waals surface area contributed by atoms with E-state index in [1.165, 1.54) is 55.6 Å². The summed E-state index contributed by atoms with van der Waals surface area (Å²) < 4.78 is 0. The van der Waals surface area contributed by atoms with E-state index < -0.39 is 0 Å². The van der Waals surface area contributed by atoms with E-state index in [0.717, 1.165) is 12.1 Å². The number of hydrogen-bond acceptors (Lipinski definition) is 5. The van der Waals surface area contributed by atoms with E-state index in [4.69, 9.17) is 0 Å². The molecule has 2 aromatic heterocycles. The second-order valence-electron chi connectivity index (χ2n) is 6.90. The molecule has 1 aromatic carbocycles. The molecule has 1 saturated heterocycles. The standard InChI is InChI=1S/C20H22N4O2S/c25-18(16-12-27-20-17(16)19(26)22-13-23-20)21-10-14-4-6-15(7-5-14)11-24-8-2-1-3-9-24/h4-7,12-13H,1-3,8-11H2,(H,21,25)(H,22,23,26). The Morgan fingerprint density at radius 2 is 1.89 bits per heavy atom. The van der Waals surface area contributed by atoms with Gasteiger partial charge in [0.05, 0.1) is 17.3 Å².